The maximum absolute atomic E-state index is 12.1. The van der Waals surface area contributed by atoms with Crippen LogP contribution in [0.1, 0.15) is 12.6 Å². The summed E-state index contributed by atoms with van der Waals surface area (Å²) in [5.41, 5.74) is 1.00. The molecule has 0 aromatic carbocycles. The van der Waals surface area contributed by atoms with Gasteiger partial charge >= 0.3 is 0 Å². The predicted octanol–water partition coefficient (Wildman–Crippen LogP) is 0.159. The molecule has 1 aliphatic rings. The molecule has 0 radical (unpaired) electrons. The molecule has 6 nitrogen and oxygen atoms in total. The Morgan fingerprint density at radius 1 is 1.29 bits per heavy atom. The van der Waals surface area contributed by atoms with E-state index in [9.17, 15) is 13.2 Å². The van der Waals surface area contributed by atoms with Crippen molar-refractivity contribution in [3.05, 3.63) is 30.1 Å². The molecule has 1 aromatic heterocycles. The summed E-state index contributed by atoms with van der Waals surface area (Å²) in [4.78, 5) is 20.3. The van der Waals surface area contributed by atoms with Gasteiger partial charge < -0.3 is 4.90 Å². The number of carbonyl (C=O) groups excluding carboxylic acids is 1. The third kappa shape index (κ3) is 4.25. The summed E-state index contributed by atoms with van der Waals surface area (Å²) in [6.07, 6.45) is 2.87. The SMILES string of the molecule is C[C@H](C(=O)N1CCN(Cc2ccccn2)CC1)S(C)(=O)=O. The summed E-state index contributed by atoms with van der Waals surface area (Å²) in [7, 11) is -3.33. The quantitative estimate of drug-likeness (QED) is 0.792. The van der Waals surface area contributed by atoms with Gasteiger partial charge in [0, 0.05) is 45.2 Å². The number of hydrogen-bond acceptors (Lipinski definition) is 5. The molecule has 1 aliphatic heterocycles. The lowest BCUT2D eigenvalue weighted by Gasteiger charge is -2.35. The molecule has 0 N–H and O–H groups in total. The Hall–Kier alpha value is -1.47. The van der Waals surface area contributed by atoms with Gasteiger partial charge in [0.15, 0.2) is 9.84 Å². The number of pyridine rings is 1. The molecular formula is C14H21N3O3S. The van der Waals surface area contributed by atoms with Gasteiger partial charge in [0.25, 0.3) is 0 Å². The molecule has 7 heteroatoms. The first-order valence-electron chi connectivity index (χ1n) is 6.98. The average molecular weight is 311 g/mol. The molecule has 1 amide bonds. The van der Waals surface area contributed by atoms with Gasteiger partial charge in [-0.25, -0.2) is 8.42 Å². The number of hydrogen-bond donors (Lipinski definition) is 0. The highest BCUT2D eigenvalue weighted by molar-refractivity contribution is 7.92. The molecule has 0 spiro atoms. The Bertz CT molecular complexity index is 581. The number of nitrogens with zero attached hydrogens (tertiary/aromatic N) is 3. The van der Waals surface area contributed by atoms with E-state index < -0.39 is 15.1 Å². The van der Waals surface area contributed by atoms with Crippen molar-refractivity contribution in [2.45, 2.75) is 18.7 Å². The lowest BCUT2D eigenvalue weighted by Crippen LogP contribution is -2.51. The number of carbonyl (C=O) groups is 1. The van der Waals surface area contributed by atoms with E-state index in [-0.39, 0.29) is 5.91 Å². The van der Waals surface area contributed by atoms with Gasteiger partial charge in [-0.05, 0) is 19.1 Å². The summed E-state index contributed by atoms with van der Waals surface area (Å²) in [6.45, 7) is 4.80. The lowest BCUT2D eigenvalue weighted by atomic mass is 10.2. The van der Waals surface area contributed by atoms with Crippen LogP contribution in [0.3, 0.4) is 0 Å². The number of piperazine rings is 1. The van der Waals surface area contributed by atoms with E-state index >= 15 is 0 Å². The Morgan fingerprint density at radius 2 is 1.95 bits per heavy atom. The van der Waals surface area contributed by atoms with Crippen LogP contribution in [0.5, 0.6) is 0 Å². The van der Waals surface area contributed by atoms with Crippen LogP contribution in [0.2, 0.25) is 0 Å². The minimum Gasteiger partial charge on any atom is -0.339 e. The summed E-state index contributed by atoms with van der Waals surface area (Å²) in [6, 6.07) is 5.81. The summed E-state index contributed by atoms with van der Waals surface area (Å²) in [5.74, 6) is -0.296. The molecule has 0 unspecified atom stereocenters. The highest BCUT2D eigenvalue weighted by Gasteiger charge is 2.30. The first-order chi connectivity index (χ1) is 9.88. The van der Waals surface area contributed by atoms with Crippen LogP contribution < -0.4 is 0 Å². The molecule has 2 rings (SSSR count). The van der Waals surface area contributed by atoms with Crippen LogP contribution in [0.4, 0.5) is 0 Å². The monoisotopic (exact) mass is 311 g/mol. The molecule has 0 bridgehead atoms. The van der Waals surface area contributed by atoms with Crippen LogP contribution in [-0.4, -0.2) is 66.8 Å². The van der Waals surface area contributed by atoms with Crippen molar-refractivity contribution >= 4 is 15.7 Å². The average Bonchev–Trinajstić information content (AvgIpc) is 2.46. The fraction of sp³-hybridized carbons (Fsp3) is 0.571. The highest BCUT2D eigenvalue weighted by Crippen LogP contribution is 2.10. The Kier molecular flexibility index (Phi) is 4.95. The smallest absolute Gasteiger partial charge is 0.240 e. The minimum absolute atomic E-state index is 0.296. The number of rotatable bonds is 4. The summed E-state index contributed by atoms with van der Waals surface area (Å²) in [5, 5.41) is -0.958. The third-order valence-electron chi connectivity index (χ3n) is 3.79. The first-order valence-corrected chi connectivity index (χ1v) is 8.93. The van der Waals surface area contributed by atoms with Gasteiger partial charge in [-0.15, -0.1) is 0 Å². The van der Waals surface area contributed by atoms with Crippen LogP contribution >= 0.6 is 0 Å². The fourth-order valence-corrected chi connectivity index (χ4v) is 2.80. The van der Waals surface area contributed by atoms with E-state index in [2.05, 4.69) is 9.88 Å². The van der Waals surface area contributed by atoms with E-state index in [0.717, 1.165) is 31.6 Å². The van der Waals surface area contributed by atoms with Crippen molar-refractivity contribution in [2.75, 3.05) is 32.4 Å². The first kappa shape index (κ1) is 15.9. The van der Waals surface area contributed by atoms with Gasteiger partial charge in [0.1, 0.15) is 5.25 Å². The van der Waals surface area contributed by atoms with Crippen molar-refractivity contribution in [2.24, 2.45) is 0 Å². The molecule has 2 heterocycles. The lowest BCUT2D eigenvalue weighted by molar-refractivity contribution is -0.132. The molecule has 1 fully saturated rings. The van der Waals surface area contributed by atoms with E-state index in [1.54, 1.807) is 11.1 Å². The topological polar surface area (TPSA) is 70.6 Å². The minimum atomic E-state index is -3.33. The highest BCUT2D eigenvalue weighted by atomic mass is 32.2. The van der Waals surface area contributed by atoms with Crippen molar-refractivity contribution in [1.82, 2.24) is 14.8 Å². The number of sulfone groups is 1. The van der Waals surface area contributed by atoms with Crippen molar-refractivity contribution in [3.63, 3.8) is 0 Å². The molecule has 21 heavy (non-hydrogen) atoms. The van der Waals surface area contributed by atoms with Gasteiger partial charge in [0.05, 0.1) is 5.69 Å². The predicted molar refractivity (Wildman–Crippen MR) is 80.4 cm³/mol. The number of amides is 1. The zero-order valence-corrected chi connectivity index (χ0v) is 13.2. The third-order valence-corrected chi connectivity index (χ3v) is 5.27. The Labute approximate surface area is 125 Å². The zero-order valence-electron chi connectivity index (χ0n) is 12.4. The van der Waals surface area contributed by atoms with Gasteiger partial charge in [-0.1, -0.05) is 6.07 Å². The maximum atomic E-state index is 12.1. The van der Waals surface area contributed by atoms with Crippen LogP contribution in [0.25, 0.3) is 0 Å². The maximum Gasteiger partial charge on any atom is 0.240 e. The van der Waals surface area contributed by atoms with Crippen molar-refractivity contribution < 1.29 is 13.2 Å². The Morgan fingerprint density at radius 3 is 2.48 bits per heavy atom. The van der Waals surface area contributed by atoms with Crippen LogP contribution in [0, 0.1) is 0 Å². The van der Waals surface area contributed by atoms with E-state index in [1.807, 2.05) is 18.2 Å². The van der Waals surface area contributed by atoms with E-state index in [4.69, 9.17) is 0 Å². The molecule has 1 saturated heterocycles. The summed E-state index contributed by atoms with van der Waals surface area (Å²) < 4.78 is 22.9. The van der Waals surface area contributed by atoms with Crippen LogP contribution in [-0.2, 0) is 21.2 Å². The second-order valence-corrected chi connectivity index (χ2v) is 7.76. The molecular weight excluding hydrogens is 290 g/mol. The fourth-order valence-electron chi connectivity index (χ4n) is 2.29. The number of aromatic nitrogens is 1. The second-order valence-electron chi connectivity index (χ2n) is 5.39. The molecule has 116 valence electrons. The van der Waals surface area contributed by atoms with E-state index in [1.165, 1.54) is 6.92 Å². The summed E-state index contributed by atoms with van der Waals surface area (Å²) >= 11 is 0. The Balaban J connectivity index is 1.87. The van der Waals surface area contributed by atoms with Crippen LogP contribution in [0.15, 0.2) is 24.4 Å². The zero-order chi connectivity index (χ0) is 15.5. The molecule has 0 aliphatic carbocycles. The van der Waals surface area contributed by atoms with Gasteiger partial charge in [-0.2, -0.15) is 0 Å². The molecule has 1 aromatic rings. The standard InChI is InChI=1S/C14H21N3O3S/c1-12(21(2,19)20)14(18)17-9-7-16(8-10-17)11-13-5-3-4-6-15-13/h3-6,12H,7-11H2,1-2H3/t12-/m1/s1. The normalized spacial score (nSPS) is 18.5. The molecule has 0 saturated carbocycles. The van der Waals surface area contributed by atoms with Crippen molar-refractivity contribution in [3.8, 4) is 0 Å². The van der Waals surface area contributed by atoms with Gasteiger partial charge in [0.2, 0.25) is 5.91 Å². The molecule has 1 atom stereocenters. The van der Waals surface area contributed by atoms with Gasteiger partial charge in [-0.3, -0.25) is 14.7 Å². The largest absolute Gasteiger partial charge is 0.339 e. The second kappa shape index (κ2) is 6.53. The van der Waals surface area contributed by atoms with Crippen molar-refractivity contribution in [1.29, 1.82) is 0 Å². The van der Waals surface area contributed by atoms with E-state index in [0.29, 0.717) is 13.1 Å².